The van der Waals surface area contributed by atoms with Gasteiger partial charge in [0.15, 0.2) is 0 Å². The van der Waals surface area contributed by atoms with Crippen LogP contribution >= 0.6 is 0 Å². The van der Waals surface area contributed by atoms with Crippen LogP contribution in [-0.4, -0.2) is 17.1 Å². The highest BCUT2D eigenvalue weighted by atomic mass is 16.5. The predicted octanol–water partition coefficient (Wildman–Crippen LogP) is 2.10. The van der Waals surface area contributed by atoms with Crippen molar-refractivity contribution in [1.29, 1.82) is 0 Å². The predicted molar refractivity (Wildman–Crippen MR) is 62.4 cm³/mol. The molecule has 0 bridgehead atoms. The molecular weight excluding hydrogens is 202 g/mol. The van der Waals surface area contributed by atoms with Crippen molar-refractivity contribution in [3.63, 3.8) is 0 Å². The number of nitrogens with one attached hydrogen (secondary N) is 1. The third-order valence-corrected chi connectivity index (χ3v) is 2.19. The van der Waals surface area contributed by atoms with Gasteiger partial charge < -0.3 is 10.1 Å². The number of aromatic nitrogens is 2. The number of methoxy groups -OCH3 is 1. The summed E-state index contributed by atoms with van der Waals surface area (Å²) in [6.07, 6.45) is 3.23. The fraction of sp³-hybridized carbons (Fsp3) is 0.167. The molecule has 0 aliphatic rings. The molecule has 0 radical (unpaired) electrons. The number of anilines is 1. The third kappa shape index (κ3) is 2.70. The van der Waals surface area contributed by atoms with Crippen molar-refractivity contribution in [2.75, 3.05) is 12.4 Å². The van der Waals surface area contributed by atoms with Crippen molar-refractivity contribution in [1.82, 2.24) is 9.97 Å². The molecule has 0 aliphatic heterocycles. The number of nitrogens with zero attached hydrogens (tertiary/aromatic N) is 2. The Morgan fingerprint density at radius 2 is 2.25 bits per heavy atom. The zero-order valence-electron chi connectivity index (χ0n) is 9.05. The van der Waals surface area contributed by atoms with Crippen molar-refractivity contribution in [3.05, 3.63) is 48.4 Å². The zero-order valence-corrected chi connectivity index (χ0v) is 9.05. The topological polar surface area (TPSA) is 47.0 Å². The minimum atomic E-state index is 0.716. The Morgan fingerprint density at radius 1 is 1.31 bits per heavy atom. The van der Waals surface area contributed by atoms with Crippen LogP contribution < -0.4 is 10.1 Å². The van der Waals surface area contributed by atoms with Crippen molar-refractivity contribution in [2.24, 2.45) is 0 Å². The van der Waals surface area contributed by atoms with E-state index in [0.29, 0.717) is 6.54 Å². The van der Waals surface area contributed by atoms with E-state index in [9.17, 15) is 0 Å². The zero-order chi connectivity index (χ0) is 11.2. The lowest BCUT2D eigenvalue weighted by Crippen LogP contribution is -2.01. The van der Waals surface area contributed by atoms with Gasteiger partial charge in [-0.25, -0.2) is 9.97 Å². The fourth-order valence-electron chi connectivity index (χ4n) is 1.37. The minimum absolute atomic E-state index is 0.716. The summed E-state index contributed by atoms with van der Waals surface area (Å²) in [5.41, 5.74) is 1.15. The molecule has 4 heteroatoms. The molecule has 4 nitrogen and oxygen atoms in total. The molecular formula is C12H13N3O. The molecule has 0 spiro atoms. The molecule has 1 heterocycles. The van der Waals surface area contributed by atoms with E-state index in [1.807, 2.05) is 30.3 Å². The van der Waals surface area contributed by atoms with Gasteiger partial charge in [-0.15, -0.1) is 0 Å². The Morgan fingerprint density at radius 3 is 3.00 bits per heavy atom. The van der Waals surface area contributed by atoms with E-state index >= 15 is 0 Å². The molecule has 0 fully saturated rings. The maximum Gasteiger partial charge on any atom is 0.129 e. The normalized spacial score (nSPS) is 9.81. The van der Waals surface area contributed by atoms with Gasteiger partial charge in [-0.2, -0.15) is 0 Å². The molecule has 0 saturated carbocycles. The van der Waals surface area contributed by atoms with E-state index in [0.717, 1.165) is 17.1 Å². The van der Waals surface area contributed by atoms with E-state index in [-0.39, 0.29) is 0 Å². The van der Waals surface area contributed by atoms with Gasteiger partial charge in [0, 0.05) is 12.7 Å². The van der Waals surface area contributed by atoms with Crippen LogP contribution in [0, 0.1) is 0 Å². The largest absolute Gasteiger partial charge is 0.497 e. The first-order valence-electron chi connectivity index (χ1n) is 5.01. The first kappa shape index (κ1) is 10.4. The van der Waals surface area contributed by atoms with E-state index in [2.05, 4.69) is 15.3 Å². The highest BCUT2D eigenvalue weighted by Crippen LogP contribution is 2.13. The Hall–Kier alpha value is -2.10. The summed E-state index contributed by atoms with van der Waals surface area (Å²) in [4.78, 5) is 7.94. The Labute approximate surface area is 94.3 Å². The number of ether oxygens (including phenoxy) is 1. The highest BCUT2D eigenvalue weighted by molar-refractivity contribution is 5.35. The molecule has 0 saturated heterocycles. The third-order valence-electron chi connectivity index (χ3n) is 2.19. The van der Waals surface area contributed by atoms with Crippen LogP contribution in [0.1, 0.15) is 5.56 Å². The van der Waals surface area contributed by atoms with Crippen molar-refractivity contribution in [3.8, 4) is 5.75 Å². The lowest BCUT2D eigenvalue weighted by Gasteiger charge is -2.06. The van der Waals surface area contributed by atoms with Crippen LogP contribution in [0.2, 0.25) is 0 Å². The Kier molecular flexibility index (Phi) is 3.33. The van der Waals surface area contributed by atoms with Gasteiger partial charge in [-0.1, -0.05) is 12.1 Å². The maximum absolute atomic E-state index is 5.15. The molecule has 16 heavy (non-hydrogen) atoms. The van der Waals surface area contributed by atoms with Crippen molar-refractivity contribution < 1.29 is 4.74 Å². The van der Waals surface area contributed by atoms with Gasteiger partial charge in [0.1, 0.15) is 17.9 Å². The summed E-state index contributed by atoms with van der Waals surface area (Å²) in [5.74, 6) is 1.68. The fourth-order valence-corrected chi connectivity index (χ4v) is 1.37. The van der Waals surface area contributed by atoms with Crippen LogP contribution in [0.3, 0.4) is 0 Å². The van der Waals surface area contributed by atoms with E-state index in [4.69, 9.17) is 4.74 Å². The summed E-state index contributed by atoms with van der Waals surface area (Å²) < 4.78 is 5.15. The van der Waals surface area contributed by atoms with Crippen molar-refractivity contribution in [2.45, 2.75) is 6.54 Å². The molecule has 1 N–H and O–H groups in total. The lowest BCUT2D eigenvalue weighted by molar-refractivity contribution is 0.414. The molecule has 0 amide bonds. The first-order chi connectivity index (χ1) is 7.88. The van der Waals surface area contributed by atoms with Crippen LogP contribution in [0.5, 0.6) is 5.75 Å². The first-order valence-corrected chi connectivity index (χ1v) is 5.01. The minimum Gasteiger partial charge on any atom is -0.497 e. The van der Waals surface area contributed by atoms with Gasteiger partial charge in [-0.3, -0.25) is 0 Å². The monoisotopic (exact) mass is 215 g/mol. The summed E-state index contributed by atoms with van der Waals surface area (Å²) in [7, 11) is 1.66. The quantitative estimate of drug-likeness (QED) is 0.848. The van der Waals surface area contributed by atoms with Gasteiger partial charge in [-0.05, 0) is 23.8 Å². The average molecular weight is 215 g/mol. The van der Waals surface area contributed by atoms with Crippen LogP contribution in [0.15, 0.2) is 42.9 Å². The standard InChI is InChI=1S/C12H13N3O/c1-16-11-4-2-3-10(7-11)8-14-12-5-6-13-9-15-12/h2-7,9H,8H2,1H3,(H,13,14,15). The summed E-state index contributed by atoms with van der Waals surface area (Å²) in [6.45, 7) is 0.716. The van der Waals surface area contributed by atoms with Gasteiger partial charge in [0.25, 0.3) is 0 Å². The van der Waals surface area contributed by atoms with Gasteiger partial charge >= 0.3 is 0 Å². The second-order valence-electron chi connectivity index (χ2n) is 3.30. The highest BCUT2D eigenvalue weighted by Gasteiger charge is 1.96. The molecule has 0 atom stereocenters. The summed E-state index contributed by atoms with van der Waals surface area (Å²) in [6, 6.07) is 9.76. The summed E-state index contributed by atoms with van der Waals surface area (Å²) in [5, 5.41) is 3.21. The molecule has 0 unspecified atom stereocenters. The van der Waals surface area contributed by atoms with Crippen LogP contribution in [0.25, 0.3) is 0 Å². The number of benzene rings is 1. The number of hydrogen-bond donors (Lipinski definition) is 1. The van der Waals surface area contributed by atoms with Crippen LogP contribution in [-0.2, 0) is 6.54 Å². The smallest absolute Gasteiger partial charge is 0.129 e. The Bertz CT molecular complexity index is 445. The maximum atomic E-state index is 5.15. The SMILES string of the molecule is COc1cccc(CNc2ccncn2)c1. The van der Waals surface area contributed by atoms with Crippen molar-refractivity contribution >= 4 is 5.82 Å². The summed E-state index contributed by atoms with van der Waals surface area (Å²) >= 11 is 0. The molecule has 2 aromatic rings. The second-order valence-corrected chi connectivity index (χ2v) is 3.30. The lowest BCUT2D eigenvalue weighted by atomic mass is 10.2. The molecule has 0 aliphatic carbocycles. The van der Waals surface area contributed by atoms with E-state index in [1.54, 1.807) is 13.3 Å². The molecule has 1 aromatic heterocycles. The molecule has 2 rings (SSSR count). The van der Waals surface area contributed by atoms with Gasteiger partial charge in [0.2, 0.25) is 0 Å². The number of rotatable bonds is 4. The average Bonchev–Trinajstić information content (AvgIpc) is 2.38. The Balaban J connectivity index is 1.99. The second kappa shape index (κ2) is 5.11. The van der Waals surface area contributed by atoms with E-state index < -0.39 is 0 Å². The number of hydrogen-bond acceptors (Lipinski definition) is 4. The molecule has 82 valence electrons. The van der Waals surface area contributed by atoms with Crippen LogP contribution in [0.4, 0.5) is 5.82 Å². The molecule has 1 aromatic carbocycles. The van der Waals surface area contributed by atoms with Gasteiger partial charge in [0.05, 0.1) is 7.11 Å². The van der Waals surface area contributed by atoms with E-state index in [1.165, 1.54) is 6.33 Å².